The van der Waals surface area contributed by atoms with Gasteiger partial charge in [-0.1, -0.05) is 30.3 Å². The molecule has 1 fully saturated rings. The summed E-state index contributed by atoms with van der Waals surface area (Å²) < 4.78 is 22.5. The fraction of sp³-hybridized carbons (Fsp3) is 0.176. The van der Waals surface area contributed by atoms with Gasteiger partial charge >= 0.3 is 0 Å². The van der Waals surface area contributed by atoms with Gasteiger partial charge in [0.15, 0.2) is 0 Å². The maximum absolute atomic E-state index is 12.5. The SMILES string of the molecule is NS(=O)(=O)c1ccc(CN[C@H]2CC(=O)N(c3ccccc3)C2=O)cc1. The van der Waals surface area contributed by atoms with Gasteiger partial charge in [0.2, 0.25) is 15.9 Å². The highest BCUT2D eigenvalue weighted by molar-refractivity contribution is 7.89. The lowest BCUT2D eigenvalue weighted by Gasteiger charge is -2.15. The molecule has 0 aromatic heterocycles. The highest BCUT2D eigenvalue weighted by atomic mass is 32.2. The Labute approximate surface area is 145 Å². The van der Waals surface area contributed by atoms with Crippen LogP contribution in [0.15, 0.2) is 59.5 Å². The normalized spacial score (nSPS) is 18.0. The van der Waals surface area contributed by atoms with E-state index < -0.39 is 16.1 Å². The minimum absolute atomic E-state index is 0.0265. The molecule has 1 saturated heterocycles. The molecule has 1 aliphatic heterocycles. The molecule has 0 bridgehead atoms. The van der Waals surface area contributed by atoms with Gasteiger partial charge in [-0.15, -0.1) is 0 Å². The number of amides is 2. The molecule has 2 aromatic carbocycles. The van der Waals surface area contributed by atoms with Crippen LogP contribution in [0.5, 0.6) is 0 Å². The fourth-order valence-electron chi connectivity index (χ4n) is 2.68. The molecule has 7 nitrogen and oxygen atoms in total. The van der Waals surface area contributed by atoms with Gasteiger partial charge in [-0.25, -0.2) is 18.5 Å². The number of anilines is 1. The van der Waals surface area contributed by atoms with Crippen LogP contribution in [0.1, 0.15) is 12.0 Å². The molecule has 0 aliphatic carbocycles. The van der Waals surface area contributed by atoms with E-state index in [-0.39, 0.29) is 23.1 Å². The maximum Gasteiger partial charge on any atom is 0.251 e. The number of nitrogens with zero attached hydrogens (tertiary/aromatic N) is 1. The molecular weight excluding hydrogens is 342 g/mol. The zero-order valence-corrected chi connectivity index (χ0v) is 14.1. The van der Waals surface area contributed by atoms with Crippen molar-refractivity contribution in [3.05, 3.63) is 60.2 Å². The quantitative estimate of drug-likeness (QED) is 0.766. The lowest BCUT2D eigenvalue weighted by Crippen LogP contribution is -2.38. The number of nitrogens with two attached hydrogens (primary N) is 1. The summed E-state index contributed by atoms with van der Waals surface area (Å²) in [5.41, 5.74) is 1.34. The molecule has 0 spiro atoms. The third-order valence-electron chi connectivity index (χ3n) is 3.97. The third-order valence-corrected chi connectivity index (χ3v) is 4.89. The number of para-hydroxylation sites is 1. The van der Waals surface area contributed by atoms with E-state index in [9.17, 15) is 18.0 Å². The second kappa shape index (κ2) is 6.75. The molecule has 3 N–H and O–H groups in total. The second-order valence-corrected chi connectivity index (χ2v) is 7.29. The first-order chi connectivity index (χ1) is 11.9. The predicted octanol–water partition coefficient (Wildman–Crippen LogP) is 0.756. The third kappa shape index (κ3) is 3.76. The number of carbonyl (C=O) groups excluding carboxylic acids is 2. The van der Waals surface area contributed by atoms with Crippen LogP contribution in [0.4, 0.5) is 5.69 Å². The summed E-state index contributed by atoms with van der Waals surface area (Å²) in [6.45, 7) is 0.331. The minimum atomic E-state index is -3.73. The van der Waals surface area contributed by atoms with Gasteiger partial charge in [0, 0.05) is 6.54 Å². The molecule has 130 valence electrons. The predicted molar refractivity (Wildman–Crippen MR) is 92.0 cm³/mol. The van der Waals surface area contributed by atoms with Crippen LogP contribution in [0.2, 0.25) is 0 Å². The van der Waals surface area contributed by atoms with Crippen molar-refractivity contribution in [1.29, 1.82) is 0 Å². The number of hydrogen-bond donors (Lipinski definition) is 2. The Bertz CT molecular complexity index is 895. The number of sulfonamides is 1. The minimum Gasteiger partial charge on any atom is -0.301 e. The van der Waals surface area contributed by atoms with E-state index in [4.69, 9.17) is 5.14 Å². The largest absolute Gasteiger partial charge is 0.301 e. The van der Waals surface area contributed by atoms with Crippen LogP contribution in [-0.4, -0.2) is 26.3 Å². The van der Waals surface area contributed by atoms with E-state index >= 15 is 0 Å². The Kier molecular flexibility index (Phi) is 4.67. The monoisotopic (exact) mass is 359 g/mol. The summed E-state index contributed by atoms with van der Waals surface area (Å²) in [5, 5.41) is 8.10. The van der Waals surface area contributed by atoms with Crippen LogP contribution < -0.4 is 15.4 Å². The summed E-state index contributed by atoms with van der Waals surface area (Å²) in [6.07, 6.45) is 0.0863. The zero-order chi connectivity index (χ0) is 18.0. The fourth-order valence-corrected chi connectivity index (χ4v) is 3.19. The summed E-state index contributed by atoms with van der Waals surface area (Å²) in [5.74, 6) is -0.546. The topological polar surface area (TPSA) is 110 Å². The number of carbonyl (C=O) groups is 2. The molecule has 2 amide bonds. The van der Waals surface area contributed by atoms with Crippen LogP contribution in [0.25, 0.3) is 0 Å². The molecule has 0 radical (unpaired) electrons. The Morgan fingerprint density at radius 3 is 2.28 bits per heavy atom. The molecule has 25 heavy (non-hydrogen) atoms. The van der Waals surface area contributed by atoms with Crippen LogP contribution >= 0.6 is 0 Å². The van der Waals surface area contributed by atoms with E-state index in [2.05, 4.69) is 5.32 Å². The first-order valence-corrected chi connectivity index (χ1v) is 9.18. The summed E-state index contributed by atoms with van der Waals surface area (Å²) in [6, 6.07) is 14.2. The summed E-state index contributed by atoms with van der Waals surface area (Å²) in [4.78, 5) is 25.8. The number of nitrogens with one attached hydrogen (secondary N) is 1. The van der Waals surface area contributed by atoms with E-state index in [1.165, 1.54) is 17.0 Å². The molecule has 0 unspecified atom stereocenters. The lowest BCUT2D eigenvalue weighted by atomic mass is 10.2. The summed E-state index contributed by atoms with van der Waals surface area (Å²) in [7, 11) is -3.73. The zero-order valence-electron chi connectivity index (χ0n) is 13.3. The van der Waals surface area contributed by atoms with Crippen molar-refractivity contribution >= 4 is 27.5 Å². The van der Waals surface area contributed by atoms with Crippen molar-refractivity contribution in [2.75, 3.05) is 4.90 Å². The van der Waals surface area contributed by atoms with Gasteiger partial charge in [-0.3, -0.25) is 9.59 Å². The first kappa shape index (κ1) is 17.3. The van der Waals surface area contributed by atoms with Crippen molar-refractivity contribution in [1.82, 2.24) is 5.32 Å². The van der Waals surface area contributed by atoms with Crippen molar-refractivity contribution in [2.24, 2.45) is 5.14 Å². The average Bonchev–Trinajstić information content (AvgIpc) is 2.87. The summed E-state index contributed by atoms with van der Waals surface area (Å²) >= 11 is 0. The maximum atomic E-state index is 12.5. The van der Waals surface area contributed by atoms with Crippen molar-refractivity contribution < 1.29 is 18.0 Å². The molecule has 2 aromatic rings. The van der Waals surface area contributed by atoms with Crippen molar-refractivity contribution in [3.63, 3.8) is 0 Å². The van der Waals surface area contributed by atoms with Gasteiger partial charge in [-0.2, -0.15) is 0 Å². The van der Waals surface area contributed by atoms with Gasteiger partial charge in [-0.05, 0) is 29.8 Å². The van der Waals surface area contributed by atoms with E-state index in [1.807, 2.05) is 6.07 Å². The Morgan fingerprint density at radius 2 is 1.68 bits per heavy atom. The highest BCUT2D eigenvalue weighted by Crippen LogP contribution is 2.22. The molecule has 0 saturated carbocycles. The molecule has 8 heteroatoms. The van der Waals surface area contributed by atoms with E-state index in [0.29, 0.717) is 12.2 Å². The molecule has 1 heterocycles. The van der Waals surface area contributed by atoms with Crippen LogP contribution in [0.3, 0.4) is 0 Å². The van der Waals surface area contributed by atoms with Crippen LogP contribution in [-0.2, 0) is 26.2 Å². The second-order valence-electron chi connectivity index (χ2n) is 5.73. The Hall–Kier alpha value is -2.55. The Morgan fingerprint density at radius 1 is 1.04 bits per heavy atom. The number of rotatable bonds is 5. The average molecular weight is 359 g/mol. The lowest BCUT2D eigenvalue weighted by molar-refractivity contribution is -0.121. The standard InChI is InChI=1S/C17H17N3O4S/c18-25(23,24)14-8-6-12(7-9-14)11-19-15-10-16(21)20(17(15)22)13-4-2-1-3-5-13/h1-9,15,19H,10-11H2,(H2,18,23,24)/t15-/m0/s1. The Balaban J connectivity index is 1.66. The molecule has 1 atom stereocenters. The van der Waals surface area contributed by atoms with Gasteiger partial charge in [0.05, 0.1) is 23.0 Å². The van der Waals surface area contributed by atoms with Crippen LogP contribution in [0, 0.1) is 0 Å². The molecule has 1 aliphatic rings. The van der Waals surface area contributed by atoms with Crippen molar-refractivity contribution in [3.8, 4) is 0 Å². The van der Waals surface area contributed by atoms with E-state index in [0.717, 1.165) is 5.56 Å². The van der Waals surface area contributed by atoms with Gasteiger partial charge in [0.25, 0.3) is 5.91 Å². The van der Waals surface area contributed by atoms with Crippen molar-refractivity contribution in [2.45, 2.75) is 23.9 Å². The molecule has 3 rings (SSSR count). The van der Waals surface area contributed by atoms with Gasteiger partial charge < -0.3 is 5.32 Å². The first-order valence-electron chi connectivity index (χ1n) is 7.63. The number of imide groups is 1. The molecular formula is C17H17N3O4S. The van der Waals surface area contributed by atoms with E-state index in [1.54, 1.807) is 36.4 Å². The van der Waals surface area contributed by atoms with Gasteiger partial charge in [0.1, 0.15) is 0 Å². The highest BCUT2D eigenvalue weighted by Gasteiger charge is 2.39. The number of primary sulfonamides is 1. The smallest absolute Gasteiger partial charge is 0.251 e. The number of benzene rings is 2. The number of hydrogen-bond acceptors (Lipinski definition) is 5.